The van der Waals surface area contributed by atoms with Gasteiger partial charge in [0.15, 0.2) is 0 Å². The molecule has 5 heteroatoms. The Morgan fingerprint density at radius 3 is 2.54 bits per heavy atom. The molecule has 1 saturated heterocycles. The maximum Gasteiger partial charge on any atom is 0.231 e. The summed E-state index contributed by atoms with van der Waals surface area (Å²) in [6.45, 7) is 6.65. The number of rotatable bonds is 7. The third kappa shape index (κ3) is 6.16. The molecular weight excluding hydrogens is 348 g/mol. The van der Waals surface area contributed by atoms with Crippen LogP contribution < -0.4 is 5.73 Å². The fourth-order valence-electron chi connectivity index (χ4n) is 3.80. The SMILES string of the molecule is CN1CCCN(Cc2ccc(-c3cccc(CN(C)CC(N)=O)c3)cc2)CC1. The zero-order chi connectivity index (χ0) is 19.9. The Bertz CT molecular complexity index is 774. The van der Waals surface area contributed by atoms with Crippen LogP contribution in [0, 0.1) is 0 Å². The number of hydrogen-bond donors (Lipinski definition) is 1. The number of nitrogens with two attached hydrogens (primary N) is 1. The average molecular weight is 381 g/mol. The Morgan fingerprint density at radius 1 is 1.00 bits per heavy atom. The van der Waals surface area contributed by atoms with Crippen molar-refractivity contribution in [1.29, 1.82) is 0 Å². The van der Waals surface area contributed by atoms with Crippen LogP contribution in [0.3, 0.4) is 0 Å². The minimum atomic E-state index is -0.301. The quantitative estimate of drug-likeness (QED) is 0.801. The first-order valence-corrected chi connectivity index (χ1v) is 10.1. The van der Waals surface area contributed by atoms with Crippen molar-refractivity contribution in [2.75, 3.05) is 46.8 Å². The molecule has 3 rings (SSSR count). The molecule has 0 atom stereocenters. The topological polar surface area (TPSA) is 52.8 Å². The molecule has 0 bridgehead atoms. The van der Waals surface area contributed by atoms with Crippen molar-refractivity contribution in [3.8, 4) is 11.1 Å². The Balaban J connectivity index is 1.63. The predicted octanol–water partition coefficient (Wildman–Crippen LogP) is 2.41. The Hall–Kier alpha value is -2.21. The van der Waals surface area contributed by atoms with Gasteiger partial charge in [0.25, 0.3) is 0 Å². The van der Waals surface area contributed by atoms with E-state index >= 15 is 0 Å². The summed E-state index contributed by atoms with van der Waals surface area (Å²) < 4.78 is 0. The summed E-state index contributed by atoms with van der Waals surface area (Å²) in [6.07, 6.45) is 1.24. The van der Waals surface area contributed by atoms with Gasteiger partial charge in [-0.3, -0.25) is 14.6 Å². The van der Waals surface area contributed by atoms with Crippen LogP contribution in [0.25, 0.3) is 11.1 Å². The van der Waals surface area contributed by atoms with Gasteiger partial charge in [0.05, 0.1) is 6.54 Å². The lowest BCUT2D eigenvalue weighted by molar-refractivity contribution is -0.118. The third-order valence-corrected chi connectivity index (χ3v) is 5.31. The highest BCUT2D eigenvalue weighted by molar-refractivity contribution is 5.75. The summed E-state index contributed by atoms with van der Waals surface area (Å²) in [5.41, 5.74) is 10.2. The van der Waals surface area contributed by atoms with Crippen molar-refractivity contribution in [2.24, 2.45) is 5.73 Å². The lowest BCUT2D eigenvalue weighted by Gasteiger charge is -2.20. The van der Waals surface area contributed by atoms with Crippen LogP contribution in [-0.2, 0) is 17.9 Å². The van der Waals surface area contributed by atoms with Gasteiger partial charge in [-0.25, -0.2) is 0 Å². The third-order valence-electron chi connectivity index (χ3n) is 5.31. The van der Waals surface area contributed by atoms with Crippen molar-refractivity contribution in [2.45, 2.75) is 19.5 Å². The van der Waals surface area contributed by atoms with E-state index in [9.17, 15) is 4.79 Å². The summed E-state index contributed by atoms with van der Waals surface area (Å²) in [6, 6.07) is 17.4. The largest absolute Gasteiger partial charge is 0.369 e. The van der Waals surface area contributed by atoms with Gasteiger partial charge in [-0.2, -0.15) is 0 Å². The smallest absolute Gasteiger partial charge is 0.231 e. The molecule has 2 aromatic rings. The maximum atomic E-state index is 11.1. The predicted molar refractivity (Wildman–Crippen MR) is 115 cm³/mol. The highest BCUT2D eigenvalue weighted by atomic mass is 16.1. The summed E-state index contributed by atoms with van der Waals surface area (Å²) >= 11 is 0. The lowest BCUT2D eigenvalue weighted by Crippen LogP contribution is -2.30. The van der Waals surface area contributed by atoms with Crippen molar-refractivity contribution in [3.05, 3.63) is 59.7 Å². The molecule has 28 heavy (non-hydrogen) atoms. The van der Waals surface area contributed by atoms with E-state index in [0.717, 1.165) is 19.6 Å². The number of hydrogen-bond acceptors (Lipinski definition) is 4. The van der Waals surface area contributed by atoms with E-state index in [1.54, 1.807) is 0 Å². The van der Waals surface area contributed by atoms with Crippen LogP contribution in [-0.4, -0.2) is 67.4 Å². The van der Waals surface area contributed by atoms with Crippen LogP contribution >= 0.6 is 0 Å². The van der Waals surface area contributed by atoms with Gasteiger partial charge in [0, 0.05) is 26.2 Å². The summed E-state index contributed by atoms with van der Waals surface area (Å²) in [4.78, 5) is 18.0. The van der Waals surface area contributed by atoms with Gasteiger partial charge in [-0.1, -0.05) is 42.5 Å². The van der Waals surface area contributed by atoms with Crippen LogP contribution in [0.15, 0.2) is 48.5 Å². The Kier molecular flexibility index (Phi) is 7.20. The normalized spacial score (nSPS) is 16.2. The number of amides is 1. The number of carbonyl (C=O) groups excluding carboxylic acids is 1. The molecule has 0 aliphatic carbocycles. The first-order valence-electron chi connectivity index (χ1n) is 10.1. The van der Waals surface area contributed by atoms with Crippen molar-refractivity contribution < 1.29 is 4.79 Å². The summed E-state index contributed by atoms with van der Waals surface area (Å²) in [7, 11) is 4.12. The molecule has 0 aromatic heterocycles. The molecule has 0 spiro atoms. The van der Waals surface area contributed by atoms with Gasteiger partial charge in [-0.15, -0.1) is 0 Å². The molecule has 0 unspecified atom stereocenters. The van der Waals surface area contributed by atoms with E-state index in [1.165, 1.54) is 41.8 Å². The highest BCUT2D eigenvalue weighted by Gasteiger charge is 2.12. The van der Waals surface area contributed by atoms with E-state index < -0.39 is 0 Å². The van der Waals surface area contributed by atoms with E-state index in [4.69, 9.17) is 5.73 Å². The summed E-state index contributed by atoms with van der Waals surface area (Å²) in [5.74, 6) is -0.301. The van der Waals surface area contributed by atoms with Crippen LogP contribution in [0.4, 0.5) is 0 Å². The summed E-state index contributed by atoms with van der Waals surface area (Å²) in [5, 5.41) is 0. The van der Waals surface area contributed by atoms with Crippen molar-refractivity contribution in [1.82, 2.24) is 14.7 Å². The second kappa shape index (κ2) is 9.82. The van der Waals surface area contributed by atoms with Crippen LogP contribution in [0.1, 0.15) is 17.5 Å². The van der Waals surface area contributed by atoms with E-state index in [2.05, 4.69) is 65.4 Å². The molecular formula is C23H32N4O. The first-order chi connectivity index (χ1) is 13.5. The van der Waals surface area contributed by atoms with Gasteiger partial charge >= 0.3 is 0 Å². The van der Waals surface area contributed by atoms with Crippen LogP contribution in [0.5, 0.6) is 0 Å². The molecule has 1 fully saturated rings. The maximum absolute atomic E-state index is 11.1. The molecule has 0 radical (unpaired) electrons. The van der Waals surface area contributed by atoms with Gasteiger partial charge in [0.2, 0.25) is 5.91 Å². The molecule has 0 saturated carbocycles. The second-order valence-electron chi connectivity index (χ2n) is 7.97. The Labute approximate surface area is 168 Å². The fraction of sp³-hybridized carbons (Fsp3) is 0.435. The number of likely N-dealkylation sites (N-methyl/N-ethyl adjacent to an activating group) is 2. The second-order valence-corrected chi connectivity index (χ2v) is 7.97. The fourth-order valence-corrected chi connectivity index (χ4v) is 3.80. The number of primary amides is 1. The minimum Gasteiger partial charge on any atom is -0.369 e. The average Bonchev–Trinajstić information content (AvgIpc) is 2.86. The monoisotopic (exact) mass is 380 g/mol. The lowest BCUT2D eigenvalue weighted by atomic mass is 10.0. The molecule has 2 aromatic carbocycles. The standard InChI is InChI=1S/C23H32N4O/c1-25-11-4-12-27(14-13-25)17-19-7-9-21(10-8-19)22-6-3-5-20(15-22)16-26(2)18-23(24)28/h3,5-10,15H,4,11-14,16-18H2,1-2H3,(H2,24,28). The number of benzene rings is 2. The van der Waals surface area contributed by atoms with Crippen LogP contribution in [0.2, 0.25) is 0 Å². The Morgan fingerprint density at radius 2 is 1.79 bits per heavy atom. The minimum absolute atomic E-state index is 0.269. The van der Waals surface area contributed by atoms with Crippen molar-refractivity contribution >= 4 is 5.91 Å². The van der Waals surface area contributed by atoms with Gasteiger partial charge in [-0.05, 0) is 61.9 Å². The van der Waals surface area contributed by atoms with E-state index in [0.29, 0.717) is 6.54 Å². The molecule has 150 valence electrons. The molecule has 2 N–H and O–H groups in total. The first kappa shape index (κ1) is 20.5. The van der Waals surface area contributed by atoms with Gasteiger partial charge in [0.1, 0.15) is 0 Å². The number of nitrogens with zero attached hydrogens (tertiary/aromatic N) is 3. The molecule has 1 amide bonds. The molecule has 5 nitrogen and oxygen atoms in total. The van der Waals surface area contributed by atoms with E-state index in [1.807, 2.05) is 11.9 Å². The molecule has 1 heterocycles. The zero-order valence-corrected chi connectivity index (χ0v) is 17.1. The highest BCUT2D eigenvalue weighted by Crippen LogP contribution is 2.22. The van der Waals surface area contributed by atoms with E-state index in [-0.39, 0.29) is 12.5 Å². The molecule has 1 aliphatic rings. The van der Waals surface area contributed by atoms with Crippen molar-refractivity contribution in [3.63, 3.8) is 0 Å². The van der Waals surface area contributed by atoms with Gasteiger partial charge < -0.3 is 10.6 Å². The number of carbonyl (C=O) groups is 1. The zero-order valence-electron chi connectivity index (χ0n) is 17.1. The molecule has 1 aliphatic heterocycles.